The third-order valence-electron chi connectivity index (χ3n) is 1.61. The van der Waals surface area contributed by atoms with Gasteiger partial charge in [-0.25, -0.2) is 4.79 Å². The number of carbonyl (C=O) groups excluding carboxylic acids is 1. The largest absolute Gasteiger partial charge is 0.477 e. The second kappa shape index (κ2) is 3.91. The highest BCUT2D eigenvalue weighted by molar-refractivity contribution is 5.98. The van der Waals surface area contributed by atoms with Gasteiger partial charge in [-0.2, -0.15) is 5.10 Å². The zero-order valence-corrected chi connectivity index (χ0v) is 7.94. The first kappa shape index (κ1) is 10.2. The molecule has 1 heterocycles. The van der Waals surface area contributed by atoms with E-state index in [0.717, 1.165) is 0 Å². The van der Waals surface area contributed by atoms with Crippen molar-refractivity contribution in [1.29, 1.82) is 0 Å². The first-order valence-corrected chi connectivity index (χ1v) is 4.13. The first-order chi connectivity index (χ1) is 6.54. The van der Waals surface area contributed by atoms with E-state index >= 15 is 0 Å². The predicted octanol–water partition coefficient (Wildman–Crippen LogP) is 0.560. The fourth-order valence-electron chi connectivity index (χ4n) is 0.999. The van der Waals surface area contributed by atoms with E-state index < -0.39 is 5.97 Å². The van der Waals surface area contributed by atoms with Crippen molar-refractivity contribution < 1.29 is 14.7 Å². The van der Waals surface area contributed by atoms with Crippen LogP contribution in [0.2, 0.25) is 0 Å². The van der Waals surface area contributed by atoms with Crippen LogP contribution in [0, 0.1) is 0 Å². The van der Waals surface area contributed by atoms with Crippen molar-refractivity contribution in [2.24, 2.45) is 0 Å². The number of carboxylic acid groups (broad SMARTS) is 1. The smallest absolute Gasteiger partial charge is 0.341 e. The number of amides is 1. The maximum absolute atomic E-state index is 10.7. The van der Waals surface area contributed by atoms with E-state index in [-0.39, 0.29) is 17.3 Å². The fourth-order valence-corrected chi connectivity index (χ4v) is 0.999. The molecule has 1 amide bonds. The molecule has 0 saturated heterocycles. The summed E-state index contributed by atoms with van der Waals surface area (Å²) in [5, 5.41) is 15.0. The van der Waals surface area contributed by atoms with Crippen LogP contribution >= 0.6 is 0 Å². The molecule has 1 aromatic rings. The molecule has 0 aliphatic rings. The van der Waals surface area contributed by atoms with Gasteiger partial charge in [-0.1, -0.05) is 0 Å². The first-order valence-electron chi connectivity index (χ1n) is 4.13. The van der Waals surface area contributed by atoms with Crippen molar-refractivity contribution in [2.75, 3.05) is 5.32 Å². The van der Waals surface area contributed by atoms with Crippen molar-refractivity contribution in [3.63, 3.8) is 0 Å². The molecule has 0 aliphatic heterocycles. The van der Waals surface area contributed by atoms with E-state index in [9.17, 15) is 9.59 Å². The topological polar surface area (TPSA) is 84.2 Å². The second-order valence-corrected chi connectivity index (χ2v) is 2.73. The molecule has 0 spiro atoms. The van der Waals surface area contributed by atoms with Gasteiger partial charge in [0.25, 0.3) is 0 Å². The number of aryl methyl sites for hydroxylation is 1. The third-order valence-corrected chi connectivity index (χ3v) is 1.61. The van der Waals surface area contributed by atoms with Crippen LogP contribution in [0.25, 0.3) is 0 Å². The molecule has 0 saturated carbocycles. The SMILES string of the molecule is CCn1cc(C(=O)O)c(NC(C)=O)n1. The van der Waals surface area contributed by atoms with Gasteiger partial charge >= 0.3 is 5.97 Å². The summed E-state index contributed by atoms with van der Waals surface area (Å²) in [5.74, 6) is -1.35. The summed E-state index contributed by atoms with van der Waals surface area (Å²) in [6.07, 6.45) is 1.38. The van der Waals surface area contributed by atoms with Crippen LogP contribution in [0.15, 0.2) is 6.20 Å². The summed E-state index contributed by atoms with van der Waals surface area (Å²) in [6, 6.07) is 0. The van der Waals surface area contributed by atoms with Crippen LogP contribution in [-0.4, -0.2) is 26.8 Å². The lowest BCUT2D eigenvalue weighted by molar-refractivity contribution is -0.114. The second-order valence-electron chi connectivity index (χ2n) is 2.73. The summed E-state index contributed by atoms with van der Waals surface area (Å²) >= 11 is 0. The molecule has 6 nitrogen and oxygen atoms in total. The molecule has 1 rings (SSSR count). The van der Waals surface area contributed by atoms with Gasteiger partial charge < -0.3 is 10.4 Å². The Morgan fingerprint density at radius 2 is 2.29 bits per heavy atom. The van der Waals surface area contributed by atoms with E-state index in [0.29, 0.717) is 6.54 Å². The van der Waals surface area contributed by atoms with Crippen LogP contribution in [0.5, 0.6) is 0 Å². The van der Waals surface area contributed by atoms with Crippen molar-refractivity contribution in [3.8, 4) is 0 Å². The third kappa shape index (κ3) is 2.09. The number of carboxylic acids is 1. The summed E-state index contributed by atoms with van der Waals surface area (Å²) in [5.41, 5.74) is 0.00190. The zero-order chi connectivity index (χ0) is 10.7. The Kier molecular flexibility index (Phi) is 2.85. The average Bonchev–Trinajstić information content (AvgIpc) is 2.46. The van der Waals surface area contributed by atoms with E-state index in [1.165, 1.54) is 17.8 Å². The van der Waals surface area contributed by atoms with Crippen molar-refractivity contribution in [3.05, 3.63) is 11.8 Å². The molecule has 0 atom stereocenters. The minimum absolute atomic E-state index is 0.00190. The molecular formula is C8H11N3O3. The maximum atomic E-state index is 10.7. The van der Waals surface area contributed by atoms with E-state index in [2.05, 4.69) is 10.4 Å². The number of nitrogens with one attached hydrogen (secondary N) is 1. The molecule has 0 aromatic carbocycles. The number of anilines is 1. The van der Waals surface area contributed by atoms with Crippen LogP contribution in [-0.2, 0) is 11.3 Å². The predicted molar refractivity (Wildman–Crippen MR) is 49.2 cm³/mol. The zero-order valence-electron chi connectivity index (χ0n) is 7.94. The lowest BCUT2D eigenvalue weighted by Gasteiger charge is -1.97. The van der Waals surface area contributed by atoms with Gasteiger partial charge in [0.1, 0.15) is 5.56 Å². The minimum atomic E-state index is -1.10. The molecule has 76 valence electrons. The molecule has 2 N–H and O–H groups in total. The molecule has 0 bridgehead atoms. The Hall–Kier alpha value is -1.85. The van der Waals surface area contributed by atoms with Crippen LogP contribution in [0.1, 0.15) is 24.2 Å². The lowest BCUT2D eigenvalue weighted by atomic mass is 10.3. The van der Waals surface area contributed by atoms with Crippen molar-refractivity contribution in [2.45, 2.75) is 20.4 Å². The van der Waals surface area contributed by atoms with Crippen LogP contribution in [0.3, 0.4) is 0 Å². The van der Waals surface area contributed by atoms with Crippen molar-refractivity contribution >= 4 is 17.7 Å². The molecule has 6 heteroatoms. The number of carbonyl (C=O) groups is 2. The van der Waals surface area contributed by atoms with E-state index in [1.807, 2.05) is 6.92 Å². The number of rotatable bonds is 3. The maximum Gasteiger partial charge on any atom is 0.341 e. The number of aromatic carboxylic acids is 1. The Morgan fingerprint density at radius 3 is 2.71 bits per heavy atom. The number of hydrogen-bond donors (Lipinski definition) is 2. The normalized spacial score (nSPS) is 9.86. The Morgan fingerprint density at radius 1 is 1.64 bits per heavy atom. The van der Waals surface area contributed by atoms with Gasteiger partial charge in [0.15, 0.2) is 5.82 Å². The lowest BCUT2D eigenvalue weighted by Crippen LogP contribution is -2.10. The Labute approximate surface area is 80.5 Å². The highest BCUT2D eigenvalue weighted by Crippen LogP contribution is 2.12. The summed E-state index contributed by atoms with van der Waals surface area (Å²) in [7, 11) is 0. The molecule has 0 fully saturated rings. The molecule has 0 unspecified atom stereocenters. The molecule has 1 aromatic heterocycles. The quantitative estimate of drug-likeness (QED) is 0.741. The molecule has 0 aliphatic carbocycles. The molecule has 14 heavy (non-hydrogen) atoms. The highest BCUT2D eigenvalue weighted by atomic mass is 16.4. The monoisotopic (exact) mass is 197 g/mol. The van der Waals surface area contributed by atoms with Gasteiger partial charge in [0, 0.05) is 19.7 Å². The van der Waals surface area contributed by atoms with E-state index in [4.69, 9.17) is 5.11 Å². The van der Waals surface area contributed by atoms with Crippen LogP contribution < -0.4 is 5.32 Å². The molecular weight excluding hydrogens is 186 g/mol. The average molecular weight is 197 g/mol. The minimum Gasteiger partial charge on any atom is -0.477 e. The summed E-state index contributed by atoms with van der Waals surface area (Å²) < 4.78 is 1.45. The Balaban J connectivity index is 3.05. The van der Waals surface area contributed by atoms with Gasteiger partial charge in [-0.15, -0.1) is 0 Å². The molecule has 0 radical (unpaired) electrons. The van der Waals surface area contributed by atoms with Crippen molar-refractivity contribution in [1.82, 2.24) is 9.78 Å². The fraction of sp³-hybridized carbons (Fsp3) is 0.375. The number of aromatic nitrogens is 2. The number of nitrogens with zero attached hydrogens (tertiary/aromatic N) is 2. The van der Waals surface area contributed by atoms with E-state index in [1.54, 1.807) is 0 Å². The van der Waals surface area contributed by atoms with Gasteiger partial charge in [-0.05, 0) is 6.92 Å². The summed E-state index contributed by atoms with van der Waals surface area (Å²) in [6.45, 7) is 3.69. The van der Waals surface area contributed by atoms with Gasteiger partial charge in [0.05, 0.1) is 0 Å². The number of hydrogen-bond acceptors (Lipinski definition) is 3. The summed E-state index contributed by atoms with van der Waals surface area (Å²) in [4.78, 5) is 21.5. The van der Waals surface area contributed by atoms with Crippen LogP contribution in [0.4, 0.5) is 5.82 Å². The van der Waals surface area contributed by atoms with Gasteiger partial charge in [0.2, 0.25) is 5.91 Å². The Bertz CT molecular complexity index is 370. The standard InChI is InChI=1S/C8H11N3O3/c1-3-11-4-6(8(13)14)7(10-11)9-5(2)12/h4H,3H2,1-2H3,(H,13,14)(H,9,10,12). The van der Waals surface area contributed by atoms with Gasteiger partial charge in [-0.3, -0.25) is 9.48 Å². The highest BCUT2D eigenvalue weighted by Gasteiger charge is 2.15.